The van der Waals surface area contributed by atoms with Crippen molar-refractivity contribution in [2.24, 2.45) is 5.73 Å². The number of amides is 1. The predicted octanol–water partition coefficient (Wildman–Crippen LogP) is 2.51. The van der Waals surface area contributed by atoms with Gasteiger partial charge in [0.25, 0.3) is 0 Å². The maximum absolute atomic E-state index is 11.1. The van der Waals surface area contributed by atoms with Gasteiger partial charge in [-0.25, -0.2) is 0 Å². The lowest BCUT2D eigenvalue weighted by Crippen LogP contribution is -2.11. The number of rotatable bonds is 3. The van der Waals surface area contributed by atoms with Gasteiger partial charge >= 0.3 is 0 Å². The molecule has 0 aliphatic heterocycles. The van der Waals surface area contributed by atoms with E-state index < -0.39 is 5.91 Å². The van der Waals surface area contributed by atoms with Crippen LogP contribution in [0, 0.1) is 0 Å². The van der Waals surface area contributed by atoms with Crippen molar-refractivity contribution in [3.63, 3.8) is 0 Å². The maximum Gasteiger partial charge on any atom is 0.248 e. The second-order valence-corrected chi connectivity index (χ2v) is 4.08. The molecule has 0 aliphatic rings. The summed E-state index contributed by atoms with van der Waals surface area (Å²) in [4.78, 5) is 15.3. The average Bonchev–Trinajstić information content (AvgIpc) is 2.39. The van der Waals surface area contributed by atoms with Crippen LogP contribution in [0.25, 0.3) is 11.3 Å². The first kappa shape index (κ1) is 12.4. The quantitative estimate of drug-likeness (QED) is 0.924. The largest absolute Gasteiger partial charge is 0.496 e. The third-order valence-electron chi connectivity index (χ3n) is 2.48. The summed E-state index contributed by atoms with van der Waals surface area (Å²) in [5, 5.41) is 0.567. The molecule has 1 aromatic heterocycles. The van der Waals surface area contributed by atoms with Gasteiger partial charge in [0.05, 0.1) is 12.8 Å². The van der Waals surface area contributed by atoms with Crippen LogP contribution in [0.1, 0.15) is 10.4 Å². The monoisotopic (exact) mass is 262 g/mol. The number of ether oxygens (including phenoxy) is 1. The molecule has 4 nitrogen and oxygen atoms in total. The molecule has 0 radical (unpaired) electrons. The number of hydrogen-bond acceptors (Lipinski definition) is 3. The van der Waals surface area contributed by atoms with Crippen molar-refractivity contribution in [3.8, 4) is 17.0 Å². The molecule has 0 saturated heterocycles. The van der Waals surface area contributed by atoms with E-state index in [1.807, 2.05) is 0 Å². The number of pyridine rings is 1. The topological polar surface area (TPSA) is 65.2 Å². The van der Waals surface area contributed by atoms with E-state index in [0.29, 0.717) is 27.6 Å². The van der Waals surface area contributed by atoms with E-state index >= 15 is 0 Å². The van der Waals surface area contributed by atoms with Gasteiger partial charge in [-0.15, -0.1) is 0 Å². The molecule has 0 spiro atoms. The Morgan fingerprint density at radius 2 is 2.11 bits per heavy atom. The summed E-state index contributed by atoms with van der Waals surface area (Å²) in [5.41, 5.74) is 6.93. The fourth-order valence-electron chi connectivity index (χ4n) is 1.61. The smallest absolute Gasteiger partial charge is 0.248 e. The van der Waals surface area contributed by atoms with Crippen LogP contribution in [0.4, 0.5) is 0 Å². The summed E-state index contributed by atoms with van der Waals surface area (Å²) in [6.45, 7) is 0. The van der Waals surface area contributed by atoms with Crippen LogP contribution in [-0.2, 0) is 0 Å². The van der Waals surface area contributed by atoms with Crippen LogP contribution in [0.5, 0.6) is 5.75 Å². The van der Waals surface area contributed by atoms with Gasteiger partial charge in [-0.05, 0) is 30.3 Å². The first-order chi connectivity index (χ1) is 8.61. The molecule has 0 aliphatic carbocycles. The molecular weight excluding hydrogens is 252 g/mol. The van der Waals surface area contributed by atoms with Crippen LogP contribution >= 0.6 is 11.6 Å². The van der Waals surface area contributed by atoms with Gasteiger partial charge < -0.3 is 10.5 Å². The standard InChI is InChI=1S/C13H11ClN2O2/c1-18-12-3-2-9(14)7-10(12)11-6-8(13(15)17)4-5-16-11/h2-7H,1H3,(H2,15,17). The number of hydrogen-bond donors (Lipinski definition) is 1. The number of nitrogens with two attached hydrogens (primary N) is 1. The molecule has 0 fully saturated rings. The molecule has 0 saturated carbocycles. The van der Waals surface area contributed by atoms with E-state index in [4.69, 9.17) is 22.1 Å². The Labute approximate surface area is 109 Å². The van der Waals surface area contributed by atoms with E-state index in [-0.39, 0.29) is 0 Å². The Morgan fingerprint density at radius 3 is 2.78 bits per heavy atom. The van der Waals surface area contributed by atoms with Crippen molar-refractivity contribution in [2.45, 2.75) is 0 Å². The van der Waals surface area contributed by atoms with E-state index in [1.165, 1.54) is 6.20 Å². The molecule has 0 atom stereocenters. The van der Waals surface area contributed by atoms with Crippen molar-refractivity contribution in [3.05, 3.63) is 47.1 Å². The van der Waals surface area contributed by atoms with Crippen molar-refractivity contribution < 1.29 is 9.53 Å². The number of methoxy groups -OCH3 is 1. The van der Waals surface area contributed by atoms with Crippen LogP contribution < -0.4 is 10.5 Å². The number of halogens is 1. The van der Waals surface area contributed by atoms with Gasteiger partial charge in [-0.3, -0.25) is 9.78 Å². The Hall–Kier alpha value is -2.07. The highest BCUT2D eigenvalue weighted by Crippen LogP contribution is 2.31. The first-order valence-electron chi connectivity index (χ1n) is 5.21. The van der Waals surface area contributed by atoms with Gasteiger partial charge in [0, 0.05) is 22.3 Å². The lowest BCUT2D eigenvalue weighted by Gasteiger charge is -2.08. The zero-order chi connectivity index (χ0) is 13.1. The van der Waals surface area contributed by atoms with Crippen molar-refractivity contribution >= 4 is 17.5 Å². The number of aromatic nitrogens is 1. The Bertz CT molecular complexity index is 599. The highest BCUT2D eigenvalue weighted by atomic mass is 35.5. The second kappa shape index (κ2) is 5.06. The number of primary amides is 1. The molecule has 0 unspecified atom stereocenters. The first-order valence-corrected chi connectivity index (χ1v) is 5.59. The molecule has 92 valence electrons. The number of carbonyl (C=O) groups is 1. The van der Waals surface area contributed by atoms with E-state index in [9.17, 15) is 4.79 Å². The Morgan fingerprint density at radius 1 is 1.33 bits per heavy atom. The number of benzene rings is 1. The highest BCUT2D eigenvalue weighted by molar-refractivity contribution is 6.31. The molecule has 0 bridgehead atoms. The summed E-state index contributed by atoms with van der Waals surface area (Å²) >= 11 is 5.95. The summed E-state index contributed by atoms with van der Waals surface area (Å²) in [6.07, 6.45) is 1.52. The molecule has 18 heavy (non-hydrogen) atoms. The van der Waals surface area contributed by atoms with Crippen molar-refractivity contribution in [1.82, 2.24) is 4.98 Å². The molecule has 1 heterocycles. The summed E-state index contributed by atoms with van der Waals surface area (Å²) < 4.78 is 5.24. The fraction of sp³-hybridized carbons (Fsp3) is 0.0769. The van der Waals surface area contributed by atoms with Gasteiger partial charge in [0.2, 0.25) is 5.91 Å². The normalized spacial score (nSPS) is 10.1. The lowest BCUT2D eigenvalue weighted by molar-refractivity contribution is 0.1000. The van der Waals surface area contributed by atoms with E-state index in [2.05, 4.69) is 4.98 Å². The van der Waals surface area contributed by atoms with Crippen LogP contribution in [0.3, 0.4) is 0 Å². The van der Waals surface area contributed by atoms with Crippen molar-refractivity contribution in [2.75, 3.05) is 7.11 Å². The number of carbonyl (C=O) groups excluding carboxylic acids is 1. The molecule has 5 heteroatoms. The van der Waals surface area contributed by atoms with Crippen LogP contribution in [0.2, 0.25) is 5.02 Å². The fourth-order valence-corrected chi connectivity index (χ4v) is 1.78. The third-order valence-corrected chi connectivity index (χ3v) is 2.72. The van der Waals surface area contributed by atoms with Gasteiger partial charge in [-0.1, -0.05) is 11.6 Å². The summed E-state index contributed by atoms with van der Waals surface area (Å²) in [7, 11) is 1.56. The average molecular weight is 263 g/mol. The summed E-state index contributed by atoms with van der Waals surface area (Å²) in [5.74, 6) is 0.133. The molecule has 2 N–H and O–H groups in total. The third kappa shape index (κ3) is 2.43. The number of nitrogens with zero attached hydrogens (tertiary/aromatic N) is 1. The maximum atomic E-state index is 11.1. The minimum absolute atomic E-state index is 0.391. The molecule has 2 rings (SSSR count). The Kier molecular flexibility index (Phi) is 3.48. The molecular formula is C13H11ClN2O2. The summed E-state index contributed by atoms with van der Waals surface area (Å²) in [6, 6.07) is 8.37. The van der Waals surface area contributed by atoms with E-state index in [1.54, 1.807) is 37.4 Å². The van der Waals surface area contributed by atoms with Gasteiger partial charge in [0.1, 0.15) is 5.75 Å². The highest BCUT2D eigenvalue weighted by Gasteiger charge is 2.10. The minimum atomic E-state index is -0.500. The van der Waals surface area contributed by atoms with Crippen molar-refractivity contribution in [1.29, 1.82) is 0 Å². The zero-order valence-electron chi connectivity index (χ0n) is 9.68. The van der Waals surface area contributed by atoms with Crippen LogP contribution in [-0.4, -0.2) is 18.0 Å². The Balaban J connectivity index is 2.57. The van der Waals surface area contributed by atoms with Gasteiger partial charge in [0.15, 0.2) is 0 Å². The van der Waals surface area contributed by atoms with Crippen LogP contribution in [0.15, 0.2) is 36.5 Å². The van der Waals surface area contributed by atoms with E-state index in [0.717, 1.165) is 0 Å². The molecule has 1 aromatic carbocycles. The SMILES string of the molecule is COc1ccc(Cl)cc1-c1cc(C(N)=O)ccn1. The minimum Gasteiger partial charge on any atom is -0.496 e. The van der Waals surface area contributed by atoms with Gasteiger partial charge in [-0.2, -0.15) is 0 Å². The molecule has 1 amide bonds. The molecule has 2 aromatic rings. The lowest BCUT2D eigenvalue weighted by atomic mass is 10.1. The predicted molar refractivity (Wildman–Crippen MR) is 69.8 cm³/mol. The second-order valence-electron chi connectivity index (χ2n) is 3.64. The zero-order valence-corrected chi connectivity index (χ0v) is 10.4.